The summed E-state index contributed by atoms with van der Waals surface area (Å²) in [7, 11) is 0. The Morgan fingerprint density at radius 3 is 2.67 bits per heavy atom. The van der Waals surface area contributed by atoms with Gasteiger partial charge in [0.25, 0.3) is 0 Å². The summed E-state index contributed by atoms with van der Waals surface area (Å²) >= 11 is 0. The number of ether oxygens (including phenoxy) is 1. The molecule has 2 atom stereocenters. The Hall–Kier alpha value is -1.89. The van der Waals surface area contributed by atoms with Gasteiger partial charge in [0, 0.05) is 25.7 Å². The van der Waals surface area contributed by atoms with Crippen LogP contribution < -0.4 is 10.2 Å². The monoisotopic (exact) mass is 294 g/mol. The first-order chi connectivity index (χ1) is 10.0. The minimum Gasteiger partial charge on any atom is -0.372 e. The van der Waals surface area contributed by atoms with Crippen LogP contribution in [0.5, 0.6) is 0 Å². The first kappa shape index (κ1) is 15.5. The molecule has 0 radical (unpaired) electrons. The largest absolute Gasteiger partial charge is 0.372 e. The molecule has 0 bridgehead atoms. The maximum Gasteiger partial charge on any atom is 0.311 e. The van der Waals surface area contributed by atoms with Crippen molar-refractivity contribution >= 4 is 17.3 Å². The molecule has 1 N–H and O–H groups in total. The summed E-state index contributed by atoms with van der Waals surface area (Å²) in [5.74, 6) is 1.09. The summed E-state index contributed by atoms with van der Waals surface area (Å²) in [4.78, 5) is 17.2. The molecule has 1 aromatic heterocycles. The Morgan fingerprint density at radius 2 is 2.10 bits per heavy atom. The maximum atomic E-state index is 11.2. The van der Waals surface area contributed by atoms with Crippen molar-refractivity contribution in [3.05, 3.63) is 22.2 Å². The molecule has 1 fully saturated rings. The van der Waals surface area contributed by atoms with E-state index >= 15 is 0 Å². The highest BCUT2D eigenvalue weighted by Gasteiger charge is 2.28. The van der Waals surface area contributed by atoms with Crippen molar-refractivity contribution in [1.82, 2.24) is 4.98 Å². The third-order valence-corrected chi connectivity index (χ3v) is 3.33. The zero-order valence-electron chi connectivity index (χ0n) is 12.7. The normalized spacial score (nSPS) is 22.1. The highest BCUT2D eigenvalue weighted by atomic mass is 16.6. The maximum absolute atomic E-state index is 11.2. The lowest BCUT2D eigenvalue weighted by molar-refractivity contribution is -0.384. The molecule has 116 valence electrons. The number of hydrogen-bond donors (Lipinski definition) is 1. The molecule has 2 rings (SSSR count). The van der Waals surface area contributed by atoms with E-state index in [9.17, 15) is 10.1 Å². The van der Waals surface area contributed by atoms with Crippen molar-refractivity contribution in [2.45, 2.75) is 39.4 Å². The fourth-order valence-electron chi connectivity index (χ4n) is 2.52. The second-order valence-corrected chi connectivity index (χ2v) is 5.39. The van der Waals surface area contributed by atoms with E-state index in [1.54, 1.807) is 6.07 Å². The molecule has 1 aromatic rings. The molecule has 0 saturated carbocycles. The van der Waals surface area contributed by atoms with E-state index in [2.05, 4.69) is 17.2 Å². The molecule has 2 unspecified atom stereocenters. The topological polar surface area (TPSA) is 80.5 Å². The zero-order chi connectivity index (χ0) is 15.4. The minimum atomic E-state index is -0.378. The summed E-state index contributed by atoms with van der Waals surface area (Å²) in [6.07, 6.45) is 1.03. The van der Waals surface area contributed by atoms with Crippen LogP contribution in [0.1, 0.15) is 27.2 Å². The Kier molecular flexibility index (Phi) is 4.95. The average Bonchev–Trinajstić information content (AvgIpc) is 2.43. The van der Waals surface area contributed by atoms with Gasteiger partial charge >= 0.3 is 5.69 Å². The molecule has 7 nitrogen and oxygen atoms in total. The van der Waals surface area contributed by atoms with Crippen LogP contribution in [0.25, 0.3) is 0 Å². The van der Waals surface area contributed by atoms with Crippen molar-refractivity contribution < 1.29 is 9.66 Å². The molecule has 0 aliphatic carbocycles. The molecular formula is C14H22N4O3. The zero-order valence-corrected chi connectivity index (χ0v) is 12.7. The van der Waals surface area contributed by atoms with E-state index < -0.39 is 0 Å². The van der Waals surface area contributed by atoms with Crippen LogP contribution in [0.4, 0.5) is 17.3 Å². The Balaban J connectivity index is 2.31. The van der Waals surface area contributed by atoms with E-state index in [1.165, 1.54) is 6.07 Å². The number of rotatable bonds is 5. The quantitative estimate of drug-likeness (QED) is 0.663. The summed E-state index contributed by atoms with van der Waals surface area (Å²) in [5.41, 5.74) is 0.0401. The Morgan fingerprint density at radius 1 is 1.43 bits per heavy atom. The van der Waals surface area contributed by atoms with Crippen LogP contribution in [-0.4, -0.2) is 41.7 Å². The molecule has 0 spiro atoms. The lowest BCUT2D eigenvalue weighted by atomic mass is 10.2. The van der Waals surface area contributed by atoms with Crippen LogP contribution >= 0.6 is 0 Å². The fourth-order valence-corrected chi connectivity index (χ4v) is 2.52. The van der Waals surface area contributed by atoms with Crippen LogP contribution in [-0.2, 0) is 4.74 Å². The van der Waals surface area contributed by atoms with E-state index in [-0.39, 0.29) is 22.8 Å². The van der Waals surface area contributed by atoms with Crippen molar-refractivity contribution in [3.63, 3.8) is 0 Å². The summed E-state index contributed by atoms with van der Waals surface area (Å²) in [5, 5.41) is 14.4. The number of nitro groups is 1. The number of hydrogen-bond acceptors (Lipinski definition) is 6. The molecule has 1 saturated heterocycles. The molecule has 1 aliphatic heterocycles. The Labute approximate surface area is 124 Å². The molecule has 7 heteroatoms. The first-order valence-corrected chi connectivity index (χ1v) is 7.31. The van der Waals surface area contributed by atoms with Gasteiger partial charge in [-0.2, -0.15) is 0 Å². The summed E-state index contributed by atoms with van der Waals surface area (Å²) < 4.78 is 5.68. The standard InChI is InChI=1S/C14H22N4O3/c1-4-7-15-13-6-5-12(18(19)20)14(16-13)17-8-10(2)21-11(3)9-17/h5-6,10-11H,4,7-9H2,1-3H3,(H,15,16). The first-order valence-electron chi connectivity index (χ1n) is 7.31. The Bertz CT molecular complexity index is 499. The minimum absolute atomic E-state index is 0.0300. The van der Waals surface area contributed by atoms with Crippen LogP contribution in [0, 0.1) is 10.1 Å². The number of pyridine rings is 1. The van der Waals surface area contributed by atoms with Gasteiger partial charge in [-0.05, 0) is 26.3 Å². The van der Waals surface area contributed by atoms with Gasteiger partial charge in [0.2, 0.25) is 5.82 Å². The summed E-state index contributed by atoms with van der Waals surface area (Å²) in [6.45, 7) is 8.00. The van der Waals surface area contributed by atoms with E-state index in [0.717, 1.165) is 13.0 Å². The lowest BCUT2D eigenvalue weighted by Crippen LogP contribution is -2.46. The number of anilines is 2. The average molecular weight is 294 g/mol. The molecule has 21 heavy (non-hydrogen) atoms. The SMILES string of the molecule is CCCNc1ccc([N+](=O)[O-])c(N2CC(C)OC(C)C2)n1. The lowest BCUT2D eigenvalue weighted by Gasteiger charge is -2.35. The van der Waals surface area contributed by atoms with Gasteiger partial charge in [0.05, 0.1) is 17.1 Å². The van der Waals surface area contributed by atoms with E-state index in [1.807, 2.05) is 18.7 Å². The molecule has 1 aliphatic rings. The van der Waals surface area contributed by atoms with Gasteiger partial charge < -0.3 is 15.0 Å². The molecule has 0 aromatic carbocycles. The summed E-state index contributed by atoms with van der Waals surface area (Å²) in [6, 6.07) is 3.18. The smallest absolute Gasteiger partial charge is 0.311 e. The number of aromatic nitrogens is 1. The van der Waals surface area contributed by atoms with Gasteiger partial charge in [-0.3, -0.25) is 10.1 Å². The molecule has 0 amide bonds. The van der Waals surface area contributed by atoms with E-state index in [4.69, 9.17) is 4.74 Å². The van der Waals surface area contributed by atoms with Gasteiger partial charge in [-0.25, -0.2) is 4.98 Å². The predicted octanol–water partition coefficient (Wildman–Crippen LogP) is 2.43. The highest BCUT2D eigenvalue weighted by Crippen LogP contribution is 2.29. The van der Waals surface area contributed by atoms with Crippen molar-refractivity contribution in [2.24, 2.45) is 0 Å². The van der Waals surface area contributed by atoms with E-state index in [0.29, 0.717) is 24.7 Å². The van der Waals surface area contributed by atoms with Crippen LogP contribution in [0.2, 0.25) is 0 Å². The fraction of sp³-hybridized carbons (Fsp3) is 0.643. The third-order valence-electron chi connectivity index (χ3n) is 3.33. The third kappa shape index (κ3) is 3.81. The second-order valence-electron chi connectivity index (χ2n) is 5.39. The highest BCUT2D eigenvalue weighted by molar-refractivity contribution is 5.62. The van der Waals surface area contributed by atoms with Crippen molar-refractivity contribution in [2.75, 3.05) is 29.9 Å². The van der Waals surface area contributed by atoms with Gasteiger partial charge in [0.1, 0.15) is 5.82 Å². The molecular weight excluding hydrogens is 272 g/mol. The van der Waals surface area contributed by atoms with Crippen molar-refractivity contribution in [3.8, 4) is 0 Å². The number of nitrogens with zero attached hydrogens (tertiary/aromatic N) is 3. The van der Waals surface area contributed by atoms with Crippen LogP contribution in [0.3, 0.4) is 0 Å². The van der Waals surface area contributed by atoms with Gasteiger partial charge in [-0.1, -0.05) is 6.92 Å². The van der Waals surface area contributed by atoms with Crippen LogP contribution in [0.15, 0.2) is 12.1 Å². The predicted molar refractivity (Wildman–Crippen MR) is 81.9 cm³/mol. The number of nitrogens with one attached hydrogen (secondary N) is 1. The van der Waals surface area contributed by atoms with Gasteiger partial charge in [0.15, 0.2) is 0 Å². The second kappa shape index (κ2) is 6.71. The number of morpholine rings is 1. The van der Waals surface area contributed by atoms with Crippen molar-refractivity contribution in [1.29, 1.82) is 0 Å². The van der Waals surface area contributed by atoms with Gasteiger partial charge in [-0.15, -0.1) is 0 Å². The molecule has 2 heterocycles.